The van der Waals surface area contributed by atoms with E-state index in [9.17, 15) is 18.6 Å². The smallest absolute Gasteiger partial charge is 0.240 e. The zero-order chi connectivity index (χ0) is 20.1. The summed E-state index contributed by atoms with van der Waals surface area (Å²) in [7, 11) is -3.75. The fourth-order valence-electron chi connectivity index (χ4n) is 2.42. The van der Waals surface area contributed by atoms with Gasteiger partial charge in [0.15, 0.2) is 11.5 Å². The van der Waals surface area contributed by atoms with Crippen molar-refractivity contribution in [2.45, 2.75) is 4.90 Å². The first kappa shape index (κ1) is 19.5. The summed E-state index contributed by atoms with van der Waals surface area (Å²) in [5, 5.41) is 18.9. The van der Waals surface area contributed by atoms with Crippen LogP contribution < -0.4 is 9.46 Å². The van der Waals surface area contributed by atoms with Crippen LogP contribution in [0.5, 0.6) is 23.0 Å². The molecule has 3 aromatic carbocycles. The van der Waals surface area contributed by atoms with E-state index in [1.807, 2.05) is 18.2 Å². The Balaban J connectivity index is 1.65. The molecule has 3 aromatic rings. The van der Waals surface area contributed by atoms with Crippen molar-refractivity contribution in [2.75, 3.05) is 6.54 Å². The fourth-order valence-corrected chi connectivity index (χ4v) is 3.45. The number of phenols is 2. The van der Waals surface area contributed by atoms with Crippen molar-refractivity contribution in [1.82, 2.24) is 4.72 Å². The zero-order valence-corrected chi connectivity index (χ0v) is 15.7. The number of benzene rings is 3. The molecule has 0 aliphatic carbocycles. The Morgan fingerprint density at radius 2 is 1.54 bits per heavy atom. The van der Waals surface area contributed by atoms with Crippen molar-refractivity contribution in [1.29, 1.82) is 0 Å². The van der Waals surface area contributed by atoms with E-state index in [1.54, 1.807) is 30.3 Å². The van der Waals surface area contributed by atoms with Gasteiger partial charge in [0.25, 0.3) is 0 Å². The molecule has 0 bridgehead atoms. The van der Waals surface area contributed by atoms with Crippen molar-refractivity contribution < 1.29 is 23.4 Å². The Morgan fingerprint density at radius 1 is 0.893 bits per heavy atom. The lowest BCUT2D eigenvalue weighted by atomic mass is 10.1. The maximum Gasteiger partial charge on any atom is 0.240 e. The first-order chi connectivity index (χ1) is 13.3. The minimum atomic E-state index is -3.75. The highest BCUT2D eigenvalue weighted by Crippen LogP contribution is 2.28. The van der Waals surface area contributed by atoms with E-state index in [0.717, 1.165) is 0 Å². The quantitative estimate of drug-likeness (QED) is 0.526. The Hall–Kier alpha value is -3.29. The molecule has 7 heteroatoms. The number of hydrogen-bond donors (Lipinski definition) is 3. The Kier molecular flexibility index (Phi) is 5.67. The second-order valence-electron chi connectivity index (χ2n) is 6.02. The maximum atomic E-state index is 12.5. The largest absolute Gasteiger partial charge is 0.504 e. The molecular formula is C21H19NO5S. The lowest BCUT2D eigenvalue weighted by Crippen LogP contribution is -2.25. The second-order valence-corrected chi connectivity index (χ2v) is 7.79. The normalized spacial score (nSPS) is 11.1. The first-order valence-electron chi connectivity index (χ1n) is 8.38. The van der Waals surface area contributed by atoms with Gasteiger partial charge in [0, 0.05) is 6.54 Å². The van der Waals surface area contributed by atoms with Gasteiger partial charge in [-0.3, -0.25) is 0 Å². The lowest BCUT2D eigenvalue weighted by molar-refractivity contribution is 0.403. The highest BCUT2D eigenvalue weighted by atomic mass is 32.2. The molecule has 0 saturated heterocycles. The molecule has 0 radical (unpaired) electrons. The predicted molar refractivity (Wildman–Crippen MR) is 107 cm³/mol. The van der Waals surface area contributed by atoms with Crippen LogP contribution in [-0.4, -0.2) is 25.2 Å². The highest BCUT2D eigenvalue weighted by Gasteiger charge is 2.15. The first-order valence-corrected chi connectivity index (χ1v) is 9.86. The fraction of sp³-hybridized carbons (Fsp3) is 0.0476. The highest BCUT2D eigenvalue weighted by molar-refractivity contribution is 7.89. The van der Waals surface area contributed by atoms with E-state index in [-0.39, 0.29) is 22.9 Å². The van der Waals surface area contributed by atoms with Gasteiger partial charge in [0.2, 0.25) is 10.0 Å². The Morgan fingerprint density at radius 3 is 2.18 bits per heavy atom. The van der Waals surface area contributed by atoms with Crippen LogP contribution in [0.4, 0.5) is 0 Å². The van der Waals surface area contributed by atoms with Gasteiger partial charge in [-0.2, -0.15) is 0 Å². The number of phenolic OH excluding ortho intramolecular Hbond substituents is 2. The molecule has 0 fully saturated rings. The summed E-state index contributed by atoms with van der Waals surface area (Å²) in [5.41, 5.74) is 0.965. The third-order valence-corrected chi connectivity index (χ3v) is 5.39. The van der Waals surface area contributed by atoms with Gasteiger partial charge in [-0.25, -0.2) is 13.1 Å². The molecule has 0 spiro atoms. The van der Waals surface area contributed by atoms with Crippen LogP contribution in [0.25, 0.3) is 5.57 Å². The van der Waals surface area contributed by atoms with Gasteiger partial charge in [0.1, 0.15) is 11.5 Å². The van der Waals surface area contributed by atoms with Crippen molar-refractivity contribution in [3.8, 4) is 23.0 Å². The minimum Gasteiger partial charge on any atom is -0.504 e. The average molecular weight is 397 g/mol. The molecule has 0 saturated carbocycles. The molecule has 0 unspecified atom stereocenters. The van der Waals surface area contributed by atoms with E-state index < -0.39 is 10.0 Å². The number of sulfonamides is 1. The summed E-state index contributed by atoms with van der Waals surface area (Å²) in [6.45, 7) is 3.77. The van der Waals surface area contributed by atoms with Crippen molar-refractivity contribution in [3.05, 3.63) is 84.9 Å². The molecule has 6 nitrogen and oxygen atoms in total. The van der Waals surface area contributed by atoms with E-state index in [2.05, 4.69) is 11.3 Å². The lowest BCUT2D eigenvalue weighted by Gasteiger charge is -2.11. The van der Waals surface area contributed by atoms with E-state index >= 15 is 0 Å². The molecule has 3 rings (SSSR count). The van der Waals surface area contributed by atoms with Crippen LogP contribution in [0, 0.1) is 0 Å². The Labute approximate surface area is 163 Å². The van der Waals surface area contributed by atoms with Gasteiger partial charge in [-0.1, -0.05) is 30.8 Å². The van der Waals surface area contributed by atoms with Crippen LogP contribution >= 0.6 is 0 Å². The van der Waals surface area contributed by atoms with Gasteiger partial charge in [0.05, 0.1) is 4.90 Å². The summed E-state index contributed by atoms with van der Waals surface area (Å²) < 4.78 is 33.1. The summed E-state index contributed by atoms with van der Waals surface area (Å²) in [6.07, 6.45) is 0. The monoisotopic (exact) mass is 397 g/mol. The summed E-state index contributed by atoms with van der Waals surface area (Å²) in [5.74, 6) is 0.629. The molecule has 0 heterocycles. The SMILES string of the molecule is C=C(CNS(=O)(=O)c1ccc(Oc2ccccc2)cc1)c1ccc(O)c(O)c1. The molecule has 0 aromatic heterocycles. The van der Waals surface area contributed by atoms with Gasteiger partial charge in [-0.05, 0) is 59.7 Å². The van der Waals surface area contributed by atoms with Crippen LogP contribution in [0.3, 0.4) is 0 Å². The average Bonchev–Trinajstić information content (AvgIpc) is 2.69. The van der Waals surface area contributed by atoms with Crippen molar-refractivity contribution in [3.63, 3.8) is 0 Å². The van der Waals surface area contributed by atoms with Gasteiger partial charge < -0.3 is 14.9 Å². The third-order valence-electron chi connectivity index (χ3n) is 3.97. The summed E-state index contributed by atoms with van der Waals surface area (Å²) >= 11 is 0. The maximum absolute atomic E-state index is 12.5. The molecule has 3 N–H and O–H groups in total. The number of ether oxygens (including phenoxy) is 1. The van der Waals surface area contributed by atoms with Crippen molar-refractivity contribution >= 4 is 15.6 Å². The van der Waals surface area contributed by atoms with E-state index in [0.29, 0.717) is 22.6 Å². The van der Waals surface area contributed by atoms with Crippen LogP contribution in [0.2, 0.25) is 0 Å². The summed E-state index contributed by atoms with van der Waals surface area (Å²) in [6, 6.07) is 19.4. The van der Waals surface area contributed by atoms with Gasteiger partial charge >= 0.3 is 0 Å². The second kappa shape index (κ2) is 8.16. The standard InChI is InChI=1S/C21H19NO5S/c1-15(16-7-12-20(23)21(24)13-16)14-22-28(25,26)19-10-8-18(9-11-19)27-17-5-3-2-4-6-17/h2-13,22-24H,1,14H2. The molecular weight excluding hydrogens is 378 g/mol. The molecule has 28 heavy (non-hydrogen) atoms. The van der Waals surface area contributed by atoms with Crippen LogP contribution in [0.15, 0.2) is 84.3 Å². The minimum absolute atomic E-state index is 0.0468. The third kappa shape index (κ3) is 4.70. The van der Waals surface area contributed by atoms with Gasteiger partial charge in [-0.15, -0.1) is 0 Å². The number of para-hydroxylation sites is 1. The number of rotatable bonds is 7. The molecule has 0 aliphatic heterocycles. The van der Waals surface area contributed by atoms with Crippen LogP contribution in [0.1, 0.15) is 5.56 Å². The topological polar surface area (TPSA) is 95.9 Å². The number of hydrogen-bond acceptors (Lipinski definition) is 5. The summed E-state index contributed by atoms with van der Waals surface area (Å²) in [4.78, 5) is 0.0919. The molecule has 0 atom stereocenters. The number of nitrogens with one attached hydrogen (secondary N) is 1. The molecule has 0 aliphatic rings. The predicted octanol–water partition coefficient (Wildman–Crippen LogP) is 3.88. The van der Waals surface area contributed by atoms with E-state index in [1.165, 1.54) is 24.3 Å². The van der Waals surface area contributed by atoms with E-state index in [4.69, 9.17) is 4.74 Å². The molecule has 0 amide bonds. The Bertz CT molecular complexity index is 1080. The van der Waals surface area contributed by atoms with Crippen molar-refractivity contribution in [2.24, 2.45) is 0 Å². The number of aromatic hydroxyl groups is 2. The zero-order valence-electron chi connectivity index (χ0n) is 14.9. The van der Waals surface area contributed by atoms with Crippen LogP contribution in [-0.2, 0) is 10.0 Å². The molecule has 144 valence electrons.